The van der Waals surface area contributed by atoms with Crippen LogP contribution in [-0.2, 0) is 5.41 Å². The topological polar surface area (TPSA) is 35.2 Å². The Labute approximate surface area is 125 Å². The average molecular weight is 287 g/mol. The Morgan fingerprint density at radius 1 is 1.10 bits per heavy atom. The minimum atomic E-state index is -0.397. The summed E-state index contributed by atoms with van der Waals surface area (Å²) >= 11 is 0. The van der Waals surface area contributed by atoms with Crippen molar-refractivity contribution in [3.8, 4) is 11.5 Å². The highest BCUT2D eigenvalue weighted by molar-refractivity contribution is 5.38. The van der Waals surface area contributed by atoms with Gasteiger partial charge in [-0.25, -0.2) is 4.39 Å². The zero-order chi connectivity index (χ0) is 15.6. The predicted molar refractivity (Wildman–Crippen MR) is 84.2 cm³/mol. The molecule has 2 aromatic carbocycles. The Kier molecular flexibility index (Phi) is 4.33. The third-order valence-electron chi connectivity index (χ3n) is 3.41. The molecule has 0 saturated heterocycles. The zero-order valence-corrected chi connectivity index (χ0v) is 13.0. The first-order chi connectivity index (χ1) is 9.77. The maximum Gasteiger partial charge on any atom is 0.166 e. The van der Waals surface area contributed by atoms with E-state index in [1.807, 2.05) is 31.2 Å². The van der Waals surface area contributed by atoms with E-state index in [0.717, 1.165) is 11.1 Å². The van der Waals surface area contributed by atoms with Crippen LogP contribution >= 0.6 is 0 Å². The van der Waals surface area contributed by atoms with Gasteiger partial charge in [-0.3, -0.25) is 0 Å². The van der Waals surface area contributed by atoms with E-state index in [1.165, 1.54) is 6.07 Å². The second kappa shape index (κ2) is 5.86. The Bertz CT molecular complexity index is 629. The Balaban J connectivity index is 2.26. The zero-order valence-electron chi connectivity index (χ0n) is 13.0. The average Bonchev–Trinajstić information content (AvgIpc) is 2.40. The SMILES string of the molecule is C[C@H](N)c1ccc(Oc2cccc(C(C)(C)C)c2)c(F)c1. The van der Waals surface area contributed by atoms with Gasteiger partial charge in [0.15, 0.2) is 11.6 Å². The number of halogens is 1. The van der Waals surface area contributed by atoms with Gasteiger partial charge in [0.2, 0.25) is 0 Å². The molecule has 112 valence electrons. The third-order valence-corrected chi connectivity index (χ3v) is 3.41. The van der Waals surface area contributed by atoms with Gasteiger partial charge in [0.05, 0.1) is 0 Å². The van der Waals surface area contributed by atoms with Crippen LogP contribution in [0.3, 0.4) is 0 Å². The molecule has 2 nitrogen and oxygen atoms in total. The summed E-state index contributed by atoms with van der Waals surface area (Å²) in [5.41, 5.74) is 7.67. The van der Waals surface area contributed by atoms with Gasteiger partial charge < -0.3 is 10.5 Å². The molecular weight excluding hydrogens is 265 g/mol. The van der Waals surface area contributed by atoms with Crippen LogP contribution in [0.5, 0.6) is 11.5 Å². The van der Waals surface area contributed by atoms with Crippen LogP contribution in [0.4, 0.5) is 4.39 Å². The third kappa shape index (κ3) is 3.82. The standard InChI is InChI=1S/C18H22FNO/c1-12(20)13-8-9-17(16(19)10-13)21-15-7-5-6-14(11-15)18(2,3)4/h5-12H,20H2,1-4H3/t12-/m0/s1. The van der Waals surface area contributed by atoms with Crippen molar-refractivity contribution in [1.82, 2.24) is 0 Å². The fourth-order valence-corrected chi connectivity index (χ4v) is 2.04. The van der Waals surface area contributed by atoms with Gasteiger partial charge in [-0.05, 0) is 47.7 Å². The van der Waals surface area contributed by atoms with Crippen LogP contribution in [0.1, 0.15) is 44.9 Å². The Hall–Kier alpha value is -1.87. The molecule has 0 amide bonds. The summed E-state index contributed by atoms with van der Waals surface area (Å²) in [4.78, 5) is 0. The molecule has 0 unspecified atom stereocenters. The summed E-state index contributed by atoms with van der Waals surface area (Å²) in [6.07, 6.45) is 0. The largest absolute Gasteiger partial charge is 0.454 e. The summed E-state index contributed by atoms with van der Waals surface area (Å²) in [7, 11) is 0. The number of nitrogens with two attached hydrogens (primary N) is 1. The molecule has 1 atom stereocenters. The molecule has 0 saturated carbocycles. The van der Waals surface area contributed by atoms with Crippen molar-refractivity contribution >= 4 is 0 Å². The predicted octanol–water partition coefficient (Wildman–Crippen LogP) is 4.94. The van der Waals surface area contributed by atoms with Gasteiger partial charge in [0, 0.05) is 6.04 Å². The molecule has 0 radical (unpaired) electrons. The van der Waals surface area contributed by atoms with Crippen molar-refractivity contribution in [1.29, 1.82) is 0 Å². The highest BCUT2D eigenvalue weighted by Gasteiger charge is 2.15. The molecule has 0 aliphatic heterocycles. The van der Waals surface area contributed by atoms with E-state index in [9.17, 15) is 4.39 Å². The maximum absolute atomic E-state index is 14.1. The molecule has 21 heavy (non-hydrogen) atoms. The first-order valence-corrected chi connectivity index (χ1v) is 7.11. The van der Waals surface area contributed by atoms with Crippen LogP contribution in [0.2, 0.25) is 0 Å². The minimum Gasteiger partial charge on any atom is -0.454 e. The highest BCUT2D eigenvalue weighted by atomic mass is 19.1. The van der Waals surface area contributed by atoms with Crippen molar-refractivity contribution in [2.24, 2.45) is 5.73 Å². The number of hydrogen-bond donors (Lipinski definition) is 1. The first-order valence-electron chi connectivity index (χ1n) is 7.11. The van der Waals surface area contributed by atoms with Crippen LogP contribution in [0.15, 0.2) is 42.5 Å². The fraction of sp³-hybridized carbons (Fsp3) is 0.333. The molecule has 0 aliphatic rings. The second-order valence-corrected chi connectivity index (χ2v) is 6.36. The summed E-state index contributed by atoms with van der Waals surface area (Å²) in [5.74, 6) is 0.450. The lowest BCUT2D eigenvalue weighted by molar-refractivity contribution is 0.439. The summed E-state index contributed by atoms with van der Waals surface area (Å²) in [6.45, 7) is 8.21. The van der Waals surface area contributed by atoms with Gasteiger partial charge in [0.1, 0.15) is 5.75 Å². The molecule has 0 heterocycles. The fourth-order valence-electron chi connectivity index (χ4n) is 2.04. The van der Waals surface area contributed by atoms with Crippen molar-refractivity contribution in [3.05, 3.63) is 59.4 Å². The monoisotopic (exact) mass is 287 g/mol. The molecule has 0 aromatic heterocycles. The van der Waals surface area contributed by atoms with E-state index in [-0.39, 0.29) is 17.2 Å². The molecule has 3 heteroatoms. The molecule has 2 aromatic rings. The van der Waals surface area contributed by atoms with Gasteiger partial charge in [0.25, 0.3) is 0 Å². The van der Waals surface area contributed by atoms with E-state index in [4.69, 9.17) is 10.5 Å². The van der Waals surface area contributed by atoms with Gasteiger partial charge in [-0.1, -0.05) is 39.0 Å². The summed E-state index contributed by atoms with van der Waals surface area (Å²) in [6, 6.07) is 12.4. The van der Waals surface area contributed by atoms with E-state index < -0.39 is 5.82 Å². The van der Waals surface area contributed by atoms with Crippen LogP contribution in [0.25, 0.3) is 0 Å². The van der Waals surface area contributed by atoms with Crippen LogP contribution < -0.4 is 10.5 Å². The number of hydrogen-bond acceptors (Lipinski definition) is 2. The van der Waals surface area contributed by atoms with E-state index in [1.54, 1.807) is 12.1 Å². The molecule has 2 rings (SSSR count). The molecule has 0 aliphatic carbocycles. The number of benzene rings is 2. The highest BCUT2D eigenvalue weighted by Crippen LogP contribution is 2.30. The molecule has 0 spiro atoms. The summed E-state index contributed by atoms with van der Waals surface area (Å²) in [5, 5.41) is 0. The van der Waals surface area contributed by atoms with Gasteiger partial charge in [-0.15, -0.1) is 0 Å². The lowest BCUT2D eigenvalue weighted by Gasteiger charge is -2.19. The number of rotatable bonds is 3. The lowest BCUT2D eigenvalue weighted by atomic mass is 9.87. The van der Waals surface area contributed by atoms with Crippen LogP contribution in [0, 0.1) is 5.82 Å². The lowest BCUT2D eigenvalue weighted by Crippen LogP contribution is -2.10. The van der Waals surface area contributed by atoms with E-state index in [2.05, 4.69) is 20.8 Å². The Morgan fingerprint density at radius 3 is 2.38 bits per heavy atom. The Morgan fingerprint density at radius 2 is 1.81 bits per heavy atom. The van der Waals surface area contributed by atoms with Crippen molar-refractivity contribution in [2.75, 3.05) is 0 Å². The molecule has 0 fully saturated rings. The van der Waals surface area contributed by atoms with Gasteiger partial charge in [-0.2, -0.15) is 0 Å². The van der Waals surface area contributed by atoms with Crippen LogP contribution in [-0.4, -0.2) is 0 Å². The summed E-state index contributed by atoms with van der Waals surface area (Å²) < 4.78 is 19.7. The first kappa shape index (κ1) is 15.5. The molecule has 0 bridgehead atoms. The number of ether oxygens (including phenoxy) is 1. The van der Waals surface area contributed by atoms with E-state index in [0.29, 0.717) is 5.75 Å². The normalized spacial score (nSPS) is 13.0. The van der Waals surface area contributed by atoms with Crippen molar-refractivity contribution < 1.29 is 9.13 Å². The van der Waals surface area contributed by atoms with Gasteiger partial charge >= 0.3 is 0 Å². The van der Waals surface area contributed by atoms with Crippen molar-refractivity contribution in [3.63, 3.8) is 0 Å². The van der Waals surface area contributed by atoms with Crippen molar-refractivity contribution in [2.45, 2.75) is 39.2 Å². The smallest absolute Gasteiger partial charge is 0.166 e. The molecule has 2 N–H and O–H groups in total. The quantitative estimate of drug-likeness (QED) is 0.868. The minimum absolute atomic E-state index is 0.0246. The second-order valence-electron chi connectivity index (χ2n) is 6.36. The maximum atomic E-state index is 14.1. The molecular formula is C18H22FNO. The van der Waals surface area contributed by atoms with E-state index >= 15 is 0 Å².